The summed E-state index contributed by atoms with van der Waals surface area (Å²) >= 11 is 0. The molecule has 2 saturated heterocycles. The normalized spacial score (nSPS) is 33.7. The van der Waals surface area contributed by atoms with Crippen LogP contribution in [0.4, 0.5) is 0 Å². The first-order chi connectivity index (χ1) is 9.04. The molecule has 0 radical (unpaired) electrons. The largest absolute Gasteiger partial charge is 0.314 e. The van der Waals surface area contributed by atoms with Crippen LogP contribution >= 0.6 is 0 Å². The molecule has 2 heterocycles. The van der Waals surface area contributed by atoms with E-state index >= 15 is 0 Å². The fourth-order valence-corrected chi connectivity index (χ4v) is 5.66. The molecule has 1 N–H and O–H groups in total. The molecule has 0 aromatic heterocycles. The van der Waals surface area contributed by atoms with Crippen LogP contribution < -0.4 is 5.32 Å². The average molecular weight is 288 g/mol. The van der Waals surface area contributed by atoms with Crippen molar-refractivity contribution in [1.29, 1.82) is 0 Å². The lowest BCUT2D eigenvalue weighted by molar-refractivity contribution is 0.325. The average Bonchev–Trinajstić information content (AvgIpc) is 2.80. The standard InChI is InChI=1S/C14H28N2O2S/c1-3-14-8-7-12(2)16(14)19(17,18)11-9-13-6-4-5-10-15-13/h12-15H,3-11H2,1-2H3. The van der Waals surface area contributed by atoms with Gasteiger partial charge in [0.25, 0.3) is 0 Å². The van der Waals surface area contributed by atoms with Gasteiger partial charge in [-0.1, -0.05) is 13.3 Å². The first-order valence-electron chi connectivity index (χ1n) is 7.79. The zero-order valence-electron chi connectivity index (χ0n) is 12.3. The maximum absolute atomic E-state index is 12.6. The van der Waals surface area contributed by atoms with Crippen LogP contribution in [0.5, 0.6) is 0 Å². The third-order valence-electron chi connectivity index (χ3n) is 4.64. The van der Waals surface area contributed by atoms with Gasteiger partial charge in [-0.05, 0) is 52.0 Å². The van der Waals surface area contributed by atoms with Crippen molar-refractivity contribution in [3.8, 4) is 0 Å². The Kier molecular flexibility index (Phi) is 5.26. The van der Waals surface area contributed by atoms with Gasteiger partial charge in [-0.15, -0.1) is 0 Å². The maximum Gasteiger partial charge on any atom is 0.214 e. The van der Waals surface area contributed by atoms with Crippen LogP contribution in [-0.2, 0) is 10.0 Å². The van der Waals surface area contributed by atoms with Crippen LogP contribution in [0.2, 0.25) is 0 Å². The summed E-state index contributed by atoms with van der Waals surface area (Å²) in [5.74, 6) is 0.311. The van der Waals surface area contributed by atoms with E-state index in [0.29, 0.717) is 11.8 Å². The molecule has 0 amide bonds. The molecule has 2 rings (SSSR count). The molecular weight excluding hydrogens is 260 g/mol. The highest BCUT2D eigenvalue weighted by molar-refractivity contribution is 7.89. The van der Waals surface area contributed by atoms with E-state index in [1.165, 1.54) is 12.8 Å². The second-order valence-corrected chi connectivity index (χ2v) is 8.06. The lowest BCUT2D eigenvalue weighted by Crippen LogP contribution is -2.43. The Morgan fingerprint density at radius 3 is 2.63 bits per heavy atom. The van der Waals surface area contributed by atoms with Gasteiger partial charge in [0.1, 0.15) is 0 Å². The third-order valence-corrected chi connectivity index (χ3v) is 6.69. The van der Waals surface area contributed by atoms with Gasteiger partial charge in [-0.25, -0.2) is 8.42 Å². The number of hydrogen-bond acceptors (Lipinski definition) is 3. The lowest BCUT2D eigenvalue weighted by Gasteiger charge is -2.29. The molecule has 2 aliphatic heterocycles. The highest BCUT2D eigenvalue weighted by Gasteiger charge is 2.38. The molecule has 19 heavy (non-hydrogen) atoms. The Bertz CT molecular complexity index is 377. The molecule has 112 valence electrons. The van der Waals surface area contributed by atoms with Crippen molar-refractivity contribution in [1.82, 2.24) is 9.62 Å². The Morgan fingerprint density at radius 2 is 2.00 bits per heavy atom. The molecule has 5 heteroatoms. The molecular formula is C14H28N2O2S. The molecule has 3 unspecified atom stereocenters. The Morgan fingerprint density at radius 1 is 1.21 bits per heavy atom. The minimum Gasteiger partial charge on any atom is -0.314 e. The first-order valence-corrected chi connectivity index (χ1v) is 9.40. The summed E-state index contributed by atoms with van der Waals surface area (Å²) in [6.07, 6.45) is 7.33. The Balaban J connectivity index is 1.93. The van der Waals surface area contributed by atoms with Crippen molar-refractivity contribution in [2.24, 2.45) is 0 Å². The van der Waals surface area contributed by atoms with E-state index in [9.17, 15) is 8.42 Å². The maximum atomic E-state index is 12.6. The van der Waals surface area contributed by atoms with Crippen molar-refractivity contribution in [2.75, 3.05) is 12.3 Å². The van der Waals surface area contributed by atoms with Crippen LogP contribution in [0.1, 0.15) is 58.8 Å². The quantitative estimate of drug-likeness (QED) is 0.843. The van der Waals surface area contributed by atoms with Crippen molar-refractivity contribution < 1.29 is 8.42 Å². The molecule has 0 aromatic rings. The minimum atomic E-state index is -3.08. The number of hydrogen-bond donors (Lipinski definition) is 1. The monoisotopic (exact) mass is 288 g/mol. The fourth-order valence-electron chi connectivity index (χ4n) is 3.50. The molecule has 0 aliphatic carbocycles. The van der Waals surface area contributed by atoms with Crippen LogP contribution in [0.15, 0.2) is 0 Å². The van der Waals surface area contributed by atoms with Gasteiger partial charge in [0.05, 0.1) is 5.75 Å². The number of nitrogens with zero attached hydrogens (tertiary/aromatic N) is 1. The molecule has 0 saturated carbocycles. The summed E-state index contributed by atoms with van der Waals surface area (Å²) in [7, 11) is -3.08. The molecule has 2 fully saturated rings. The predicted molar refractivity (Wildman–Crippen MR) is 78.7 cm³/mol. The highest BCUT2D eigenvalue weighted by atomic mass is 32.2. The highest BCUT2D eigenvalue weighted by Crippen LogP contribution is 2.29. The molecule has 3 atom stereocenters. The lowest BCUT2D eigenvalue weighted by atomic mass is 10.0. The van der Waals surface area contributed by atoms with E-state index in [4.69, 9.17) is 0 Å². The van der Waals surface area contributed by atoms with Gasteiger partial charge in [0.2, 0.25) is 10.0 Å². The molecule has 0 aromatic carbocycles. The van der Waals surface area contributed by atoms with Gasteiger partial charge in [0.15, 0.2) is 0 Å². The van der Waals surface area contributed by atoms with Crippen molar-refractivity contribution in [3.63, 3.8) is 0 Å². The molecule has 0 bridgehead atoms. The summed E-state index contributed by atoms with van der Waals surface area (Å²) in [5, 5.41) is 3.44. The van der Waals surface area contributed by atoms with Crippen LogP contribution in [-0.4, -0.2) is 43.1 Å². The second-order valence-electron chi connectivity index (χ2n) is 6.07. The predicted octanol–water partition coefficient (Wildman–Crippen LogP) is 2.11. The Hall–Kier alpha value is -0.130. The van der Waals surface area contributed by atoms with Crippen molar-refractivity contribution in [2.45, 2.75) is 76.9 Å². The van der Waals surface area contributed by atoms with Gasteiger partial charge >= 0.3 is 0 Å². The first kappa shape index (κ1) is 15.3. The summed E-state index contributed by atoms with van der Waals surface area (Å²) in [4.78, 5) is 0. The topological polar surface area (TPSA) is 49.4 Å². The van der Waals surface area contributed by atoms with Gasteiger partial charge in [-0.3, -0.25) is 0 Å². The van der Waals surface area contributed by atoms with Crippen LogP contribution in [0.3, 0.4) is 0 Å². The van der Waals surface area contributed by atoms with Crippen molar-refractivity contribution in [3.05, 3.63) is 0 Å². The zero-order valence-corrected chi connectivity index (χ0v) is 13.1. The number of rotatable bonds is 5. The van der Waals surface area contributed by atoms with E-state index in [-0.39, 0.29) is 12.1 Å². The van der Waals surface area contributed by atoms with E-state index in [1.807, 2.05) is 6.92 Å². The third kappa shape index (κ3) is 3.70. The van der Waals surface area contributed by atoms with E-state index < -0.39 is 10.0 Å². The van der Waals surface area contributed by atoms with Crippen LogP contribution in [0, 0.1) is 0 Å². The number of sulfonamides is 1. The molecule has 0 spiro atoms. The van der Waals surface area contributed by atoms with Gasteiger partial charge in [0, 0.05) is 18.1 Å². The van der Waals surface area contributed by atoms with Crippen molar-refractivity contribution >= 4 is 10.0 Å². The van der Waals surface area contributed by atoms with E-state index in [0.717, 1.165) is 38.6 Å². The second kappa shape index (κ2) is 6.55. The van der Waals surface area contributed by atoms with E-state index in [1.54, 1.807) is 4.31 Å². The number of nitrogens with one attached hydrogen (secondary N) is 1. The number of piperidine rings is 1. The van der Waals surface area contributed by atoms with Crippen LogP contribution in [0.25, 0.3) is 0 Å². The fraction of sp³-hybridized carbons (Fsp3) is 1.00. The smallest absolute Gasteiger partial charge is 0.214 e. The zero-order chi connectivity index (χ0) is 13.9. The molecule has 2 aliphatic rings. The summed E-state index contributed by atoms with van der Waals surface area (Å²) < 4.78 is 26.9. The van der Waals surface area contributed by atoms with E-state index in [2.05, 4.69) is 12.2 Å². The Labute approximate surface area is 118 Å². The van der Waals surface area contributed by atoms with Gasteiger partial charge in [-0.2, -0.15) is 4.31 Å². The molecule has 4 nitrogen and oxygen atoms in total. The minimum absolute atomic E-state index is 0.189. The SMILES string of the molecule is CCC1CCC(C)N1S(=O)(=O)CCC1CCCCN1. The summed E-state index contributed by atoms with van der Waals surface area (Å²) in [6.45, 7) is 5.18. The summed E-state index contributed by atoms with van der Waals surface area (Å²) in [6, 6.07) is 0.829. The van der Waals surface area contributed by atoms with Gasteiger partial charge < -0.3 is 5.32 Å². The summed E-state index contributed by atoms with van der Waals surface area (Å²) in [5.41, 5.74) is 0.